The van der Waals surface area contributed by atoms with Crippen LogP contribution in [0, 0.1) is 0 Å². The van der Waals surface area contributed by atoms with Crippen LogP contribution in [0.2, 0.25) is 0 Å². The van der Waals surface area contributed by atoms with Crippen molar-refractivity contribution in [2.75, 3.05) is 0 Å². The van der Waals surface area contributed by atoms with Crippen molar-refractivity contribution in [3.8, 4) is 11.1 Å². The van der Waals surface area contributed by atoms with Gasteiger partial charge in [0.2, 0.25) is 0 Å². The molecule has 16 heavy (non-hydrogen) atoms. The summed E-state index contributed by atoms with van der Waals surface area (Å²) in [7, 11) is 0. The van der Waals surface area contributed by atoms with Crippen LogP contribution in [-0.4, -0.2) is 11.1 Å². The zero-order valence-corrected chi connectivity index (χ0v) is 9.13. The first-order valence-corrected chi connectivity index (χ1v) is 5.57. The summed E-state index contributed by atoms with van der Waals surface area (Å²) in [4.78, 5) is 11.0. The summed E-state index contributed by atoms with van der Waals surface area (Å²) in [5.74, 6) is -1.07. The molecule has 0 atom stereocenters. The summed E-state index contributed by atoms with van der Waals surface area (Å²) in [6.07, 6.45) is 0. The maximum absolute atomic E-state index is 12.9. The first-order valence-electron chi connectivity index (χ1n) is 4.69. The predicted molar refractivity (Wildman–Crippen MR) is 61.5 cm³/mol. The molecule has 1 aromatic heterocycles. The number of hydrogen-bond donors (Lipinski definition) is 1. The molecule has 0 aliphatic heterocycles. The van der Waals surface area contributed by atoms with Gasteiger partial charge in [0.15, 0.2) is 0 Å². The second-order valence-corrected chi connectivity index (χ2v) is 4.14. The Morgan fingerprint density at radius 3 is 2.56 bits per heavy atom. The van der Waals surface area contributed by atoms with E-state index >= 15 is 0 Å². The van der Waals surface area contributed by atoms with Gasteiger partial charge in [0, 0.05) is 5.56 Å². The fourth-order valence-electron chi connectivity index (χ4n) is 1.55. The zero-order chi connectivity index (χ0) is 11.5. The van der Waals surface area contributed by atoms with Gasteiger partial charge in [-0.2, -0.15) is 0 Å². The van der Waals surface area contributed by atoms with Crippen molar-refractivity contribution >= 4 is 17.3 Å². The molecule has 1 heterocycles. The average molecular weight is 236 g/mol. The van der Waals surface area contributed by atoms with E-state index in [-0.39, 0.29) is 10.4 Å². The van der Waals surface area contributed by atoms with Gasteiger partial charge in [0.25, 0.3) is 0 Å². The number of rotatable bonds is 3. The fourth-order valence-corrected chi connectivity index (χ4v) is 2.48. The summed E-state index contributed by atoms with van der Waals surface area (Å²) >= 11 is 1.06. The highest BCUT2D eigenvalue weighted by molar-refractivity contribution is 7.12. The molecule has 2 nitrogen and oxygen atoms in total. The molecule has 1 N–H and O–H groups in total. The predicted octanol–water partition coefficient (Wildman–Crippen LogP) is 3.58. The number of carbonyl (C=O) groups is 1. The van der Waals surface area contributed by atoms with Crippen molar-refractivity contribution in [2.24, 2.45) is 0 Å². The Bertz CT molecular complexity index is 505. The van der Waals surface area contributed by atoms with E-state index in [1.165, 1.54) is 0 Å². The Morgan fingerprint density at radius 2 is 2.00 bits per heavy atom. The minimum atomic E-state index is -1.07. The molecule has 0 unspecified atom stereocenters. The average Bonchev–Trinajstić information content (AvgIpc) is 2.73. The molecule has 0 spiro atoms. The van der Waals surface area contributed by atoms with Gasteiger partial charge in [-0.15, -0.1) is 11.3 Å². The molecule has 0 saturated carbocycles. The van der Waals surface area contributed by atoms with Gasteiger partial charge in [-0.05, 0) is 16.5 Å². The van der Waals surface area contributed by atoms with Crippen LogP contribution in [0.15, 0.2) is 35.7 Å². The van der Waals surface area contributed by atoms with Gasteiger partial charge in [0.05, 0.1) is 0 Å². The lowest BCUT2D eigenvalue weighted by Gasteiger charge is -2.01. The van der Waals surface area contributed by atoms with Gasteiger partial charge in [-0.3, -0.25) is 0 Å². The Kier molecular flexibility index (Phi) is 3.01. The van der Waals surface area contributed by atoms with E-state index in [2.05, 4.69) is 0 Å². The smallest absolute Gasteiger partial charge is 0.346 e. The Hall–Kier alpha value is -1.68. The third-order valence-corrected chi connectivity index (χ3v) is 3.32. The molecule has 0 radical (unpaired) electrons. The van der Waals surface area contributed by atoms with Crippen molar-refractivity contribution in [3.05, 3.63) is 46.2 Å². The van der Waals surface area contributed by atoms with Gasteiger partial charge in [-0.25, -0.2) is 9.18 Å². The van der Waals surface area contributed by atoms with Crippen LogP contribution in [0.4, 0.5) is 4.39 Å². The Balaban J connectivity index is 2.54. The number of carboxylic acids is 1. The minimum Gasteiger partial charge on any atom is -0.477 e. The number of halogens is 1. The van der Waals surface area contributed by atoms with Crippen molar-refractivity contribution < 1.29 is 14.3 Å². The molecule has 0 aliphatic rings. The lowest BCUT2D eigenvalue weighted by Crippen LogP contribution is -1.97. The maximum atomic E-state index is 12.9. The van der Waals surface area contributed by atoms with Crippen molar-refractivity contribution in [2.45, 2.75) is 6.67 Å². The molecule has 0 aliphatic carbocycles. The molecule has 4 heteroatoms. The van der Waals surface area contributed by atoms with Crippen LogP contribution in [0.1, 0.15) is 15.2 Å². The van der Waals surface area contributed by atoms with E-state index in [9.17, 15) is 9.18 Å². The molecule has 82 valence electrons. The van der Waals surface area contributed by atoms with Crippen molar-refractivity contribution in [3.63, 3.8) is 0 Å². The maximum Gasteiger partial charge on any atom is 0.346 e. The highest BCUT2D eigenvalue weighted by atomic mass is 32.1. The largest absolute Gasteiger partial charge is 0.477 e. The van der Waals surface area contributed by atoms with Crippen LogP contribution in [0.3, 0.4) is 0 Å². The van der Waals surface area contributed by atoms with Crippen LogP contribution < -0.4 is 0 Å². The van der Waals surface area contributed by atoms with E-state index in [0.717, 1.165) is 16.9 Å². The molecule has 0 saturated heterocycles. The number of benzene rings is 1. The van der Waals surface area contributed by atoms with Crippen molar-refractivity contribution in [1.82, 2.24) is 0 Å². The monoisotopic (exact) mass is 236 g/mol. The summed E-state index contributed by atoms with van der Waals surface area (Å²) in [6.45, 7) is -0.755. The van der Waals surface area contributed by atoms with Crippen LogP contribution >= 0.6 is 11.3 Å². The topological polar surface area (TPSA) is 37.3 Å². The Morgan fingerprint density at radius 1 is 1.31 bits per heavy atom. The van der Waals surface area contributed by atoms with Gasteiger partial charge >= 0.3 is 5.97 Å². The first-order chi connectivity index (χ1) is 7.74. The van der Waals surface area contributed by atoms with E-state index in [0.29, 0.717) is 5.56 Å². The molecular formula is C12H9FO2S. The lowest BCUT2D eigenvalue weighted by atomic mass is 10.0. The minimum absolute atomic E-state index is 0.0846. The molecular weight excluding hydrogens is 227 g/mol. The summed E-state index contributed by atoms with van der Waals surface area (Å²) in [5, 5.41) is 10.6. The van der Waals surface area contributed by atoms with Gasteiger partial charge in [-0.1, -0.05) is 30.3 Å². The number of alkyl halides is 1. The van der Waals surface area contributed by atoms with Crippen LogP contribution in [0.25, 0.3) is 11.1 Å². The van der Waals surface area contributed by atoms with E-state index < -0.39 is 12.6 Å². The van der Waals surface area contributed by atoms with E-state index in [4.69, 9.17) is 5.11 Å². The SMILES string of the molecule is O=C(O)c1scc(-c2ccccc2)c1CF. The molecule has 2 rings (SSSR count). The third kappa shape index (κ3) is 1.84. The van der Waals surface area contributed by atoms with E-state index in [1.807, 2.05) is 30.3 Å². The molecule has 0 bridgehead atoms. The Labute approximate surface area is 96.0 Å². The summed E-state index contributed by atoms with van der Waals surface area (Å²) in [5.41, 5.74) is 1.79. The third-order valence-electron chi connectivity index (χ3n) is 2.31. The lowest BCUT2D eigenvalue weighted by molar-refractivity contribution is 0.0700. The van der Waals surface area contributed by atoms with Crippen LogP contribution in [0.5, 0.6) is 0 Å². The normalized spacial score (nSPS) is 10.3. The first kappa shape index (κ1) is 10.8. The van der Waals surface area contributed by atoms with Crippen LogP contribution in [-0.2, 0) is 6.67 Å². The quantitative estimate of drug-likeness (QED) is 0.884. The molecule has 1 aromatic carbocycles. The number of carboxylic acid groups (broad SMARTS) is 1. The summed E-state index contributed by atoms with van der Waals surface area (Å²) < 4.78 is 12.9. The highest BCUT2D eigenvalue weighted by Crippen LogP contribution is 2.32. The number of hydrogen-bond acceptors (Lipinski definition) is 2. The molecule has 0 amide bonds. The van der Waals surface area contributed by atoms with Gasteiger partial charge in [0.1, 0.15) is 11.6 Å². The standard InChI is InChI=1S/C12H9FO2S/c13-6-9-10(7-16-11(9)12(14)15)8-4-2-1-3-5-8/h1-5,7H,6H2,(H,14,15). The van der Waals surface area contributed by atoms with E-state index in [1.54, 1.807) is 5.38 Å². The summed E-state index contributed by atoms with van der Waals surface area (Å²) in [6, 6.07) is 9.23. The molecule has 0 fully saturated rings. The number of aromatic carboxylic acids is 1. The fraction of sp³-hybridized carbons (Fsp3) is 0.0833. The number of thiophene rings is 1. The second-order valence-electron chi connectivity index (χ2n) is 3.26. The molecule has 2 aromatic rings. The second kappa shape index (κ2) is 4.45. The van der Waals surface area contributed by atoms with Gasteiger partial charge < -0.3 is 5.11 Å². The highest BCUT2D eigenvalue weighted by Gasteiger charge is 2.17. The van der Waals surface area contributed by atoms with Crippen molar-refractivity contribution in [1.29, 1.82) is 0 Å². The zero-order valence-electron chi connectivity index (χ0n) is 8.31.